The second-order valence-electron chi connectivity index (χ2n) is 5.81. The quantitative estimate of drug-likeness (QED) is 0.926. The number of halogens is 1. The van der Waals surface area contributed by atoms with Crippen LogP contribution in [0.5, 0.6) is 0 Å². The Hall–Kier alpha value is -0.610. The lowest BCUT2D eigenvalue weighted by Gasteiger charge is -2.37. The normalized spacial score (nSPS) is 24.6. The summed E-state index contributed by atoms with van der Waals surface area (Å²) in [6.45, 7) is 2.48. The van der Waals surface area contributed by atoms with Crippen LogP contribution in [-0.4, -0.2) is 32.5 Å². The van der Waals surface area contributed by atoms with Gasteiger partial charge < -0.3 is 14.8 Å². The van der Waals surface area contributed by atoms with E-state index in [1.54, 1.807) is 0 Å². The SMILES string of the molecule is COC1(CN[C@H]2CCc3cc(Cl)ccc32)CCOCC1. The van der Waals surface area contributed by atoms with Gasteiger partial charge in [0.05, 0.1) is 5.60 Å². The minimum atomic E-state index is -0.0621. The molecule has 1 aliphatic heterocycles. The Labute approximate surface area is 125 Å². The first-order valence-corrected chi connectivity index (χ1v) is 7.75. The van der Waals surface area contributed by atoms with Crippen molar-refractivity contribution < 1.29 is 9.47 Å². The first-order chi connectivity index (χ1) is 9.72. The molecular formula is C16H22ClNO2. The molecule has 0 bridgehead atoms. The molecule has 3 rings (SSSR count). The minimum absolute atomic E-state index is 0.0621. The molecule has 0 spiro atoms. The summed E-state index contributed by atoms with van der Waals surface area (Å²) in [4.78, 5) is 0. The average Bonchev–Trinajstić information content (AvgIpc) is 2.88. The number of hydrogen-bond donors (Lipinski definition) is 1. The number of benzene rings is 1. The Bertz CT molecular complexity index is 472. The van der Waals surface area contributed by atoms with Gasteiger partial charge in [-0.2, -0.15) is 0 Å². The zero-order chi connectivity index (χ0) is 14.0. The fraction of sp³-hybridized carbons (Fsp3) is 0.625. The second-order valence-corrected chi connectivity index (χ2v) is 6.25. The van der Waals surface area contributed by atoms with E-state index in [-0.39, 0.29) is 5.60 Å². The fourth-order valence-electron chi connectivity index (χ4n) is 3.30. The van der Waals surface area contributed by atoms with E-state index in [2.05, 4.69) is 17.4 Å². The van der Waals surface area contributed by atoms with Gasteiger partial charge in [0.25, 0.3) is 0 Å². The summed E-state index contributed by atoms with van der Waals surface area (Å²) in [5.41, 5.74) is 2.72. The molecule has 2 aliphatic rings. The molecule has 4 heteroatoms. The molecule has 1 aromatic carbocycles. The van der Waals surface area contributed by atoms with Crippen molar-refractivity contribution in [2.45, 2.75) is 37.3 Å². The Morgan fingerprint density at radius 3 is 2.95 bits per heavy atom. The zero-order valence-electron chi connectivity index (χ0n) is 12.0. The van der Waals surface area contributed by atoms with Crippen molar-refractivity contribution in [3.63, 3.8) is 0 Å². The summed E-state index contributed by atoms with van der Waals surface area (Å²) in [5, 5.41) is 4.53. The van der Waals surface area contributed by atoms with Gasteiger partial charge in [-0.25, -0.2) is 0 Å². The van der Waals surface area contributed by atoms with Crippen LogP contribution in [0.2, 0.25) is 5.02 Å². The molecule has 0 saturated carbocycles. The third-order valence-electron chi connectivity index (χ3n) is 4.69. The number of rotatable bonds is 4. The Morgan fingerprint density at radius 1 is 1.40 bits per heavy atom. The molecular weight excluding hydrogens is 274 g/mol. The van der Waals surface area contributed by atoms with Crippen molar-refractivity contribution >= 4 is 11.6 Å². The van der Waals surface area contributed by atoms with Crippen molar-refractivity contribution in [2.24, 2.45) is 0 Å². The van der Waals surface area contributed by atoms with Crippen LogP contribution in [-0.2, 0) is 15.9 Å². The van der Waals surface area contributed by atoms with E-state index in [9.17, 15) is 0 Å². The molecule has 3 nitrogen and oxygen atoms in total. The topological polar surface area (TPSA) is 30.5 Å². The standard InChI is InChI=1S/C16H22ClNO2/c1-19-16(6-8-20-9-7-16)11-18-15-5-2-12-10-13(17)3-4-14(12)15/h3-4,10,15,18H,2,5-9,11H2,1H3/t15-/m0/s1. The van der Waals surface area contributed by atoms with Gasteiger partial charge in [-0.05, 0) is 36.1 Å². The monoisotopic (exact) mass is 295 g/mol. The predicted molar refractivity (Wildman–Crippen MR) is 80.3 cm³/mol. The van der Waals surface area contributed by atoms with Gasteiger partial charge in [0, 0.05) is 50.8 Å². The van der Waals surface area contributed by atoms with Gasteiger partial charge in [-0.15, -0.1) is 0 Å². The second kappa shape index (κ2) is 6.02. The summed E-state index contributed by atoms with van der Waals surface area (Å²) in [6, 6.07) is 6.67. The maximum Gasteiger partial charge on any atom is 0.0846 e. The Morgan fingerprint density at radius 2 is 2.20 bits per heavy atom. The van der Waals surface area contributed by atoms with E-state index < -0.39 is 0 Å². The summed E-state index contributed by atoms with van der Waals surface area (Å²) in [5.74, 6) is 0. The molecule has 0 unspecified atom stereocenters. The van der Waals surface area contributed by atoms with E-state index in [0.717, 1.165) is 50.5 Å². The highest BCUT2D eigenvalue weighted by Crippen LogP contribution is 2.34. The van der Waals surface area contributed by atoms with E-state index in [0.29, 0.717) is 6.04 Å². The number of nitrogens with one attached hydrogen (secondary N) is 1. The summed E-state index contributed by atoms with van der Waals surface area (Å²) in [7, 11) is 1.81. The lowest BCUT2D eigenvalue weighted by atomic mass is 9.93. The highest BCUT2D eigenvalue weighted by atomic mass is 35.5. The molecule has 1 N–H and O–H groups in total. The maximum atomic E-state index is 6.06. The molecule has 1 aliphatic carbocycles. The Balaban J connectivity index is 1.65. The first kappa shape index (κ1) is 14.3. The number of fused-ring (bicyclic) bond motifs is 1. The van der Waals surface area contributed by atoms with Crippen LogP contribution in [0.25, 0.3) is 0 Å². The van der Waals surface area contributed by atoms with Crippen molar-refractivity contribution in [3.8, 4) is 0 Å². The van der Waals surface area contributed by atoms with Gasteiger partial charge in [-0.3, -0.25) is 0 Å². The summed E-state index contributed by atoms with van der Waals surface area (Å²) in [6.07, 6.45) is 4.19. The molecule has 1 fully saturated rings. The Kier molecular flexibility index (Phi) is 4.32. The highest BCUT2D eigenvalue weighted by Gasteiger charge is 2.34. The summed E-state index contributed by atoms with van der Waals surface area (Å²) < 4.78 is 11.2. The molecule has 1 saturated heterocycles. The first-order valence-electron chi connectivity index (χ1n) is 7.37. The van der Waals surface area contributed by atoms with Gasteiger partial charge >= 0.3 is 0 Å². The smallest absolute Gasteiger partial charge is 0.0846 e. The van der Waals surface area contributed by atoms with Crippen LogP contribution in [0.1, 0.15) is 36.4 Å². The fourth-order valence-corrected chi connectivity index (χ4v) is 3.50. The van der Waals surface area contributed by atoms with Crippen molar-refractivity contribution in [2.75, 3.05) is 26.9 Å². The molecule has 20 heavy (non-hydrogen) atoms. The number of ether oxygens (including phenoxy) is 2. The zero-order valence-corrected chi connectivity index (χ0v) is 12.7. The number of methoxy groups -OCH3 is 1. The molecule has 0 amide bonds. The van der Waals surface area contributed by atoms with Crippen LogP contribution in [0.15, 0.2) is 18.2 Å². The van der Waals surface area contributed by atoms with E-state index in [4.69, 9.17) is 21.1 Å². The molecule has 1 atom stereocenters. The average molecular weight is 296 g/mol. The van der Waals surface area contributed by atoms with E-state index >= 15 is 0 Å². The van der Waals surface area contributed by atoms with E-state index in [1.807, 2.05) is 13.2 Å². The van der Waals surface area contributed by atoms with E-state index in [1.165, 1.54) is 11.1 Å². The van der Waals surface area contributed by atoms with Crippen LogP contribution in [0.4, 0.5) is 0 Å². The highest BCUT2D eigenvalue weighted by molar-refractivity contribution is 6.30. The number of aryl methyl sites for hydroxylation is 1. The largest absolute Gasteiger partial charge is 0.381 e. The van der Waals surface area contributed by atoms with Gasteiger partial charge in [0.1, 0.15) is 0 Å². The molecule has 1 aromatic rings. The van der Waals surface area contributed by atoms with Crippen LogP contribution < -0.4 is 5.32 Å². The third kappa shape index (κ3) is 2.86. The molecule has 0 aromatic heterocycles. The van der Waals surface area contributed by atoms with Crippen molar-refractivity contribution in [1.82, 2.24) is 5.32 Å². The summed E-state index contributed by atoms with van der Waals surface area (Å²) >= 11 is 6.06. The van der Waals surface area contributed by atoms with Gasteiger partial charge in [0.15, 0.2) is 0 Å². The van der Waals surface area contributed by atoms with Crippen LogP contribution in [0, 0.1) is 0 Å². The third-order valence-corrected chi connectivity index (χ3v) is 4.93. The number of hydrogen-bond acceptors (Lipinski definition) is 3. The van der Waals surface area contributed by atoms with Crippen LogP contribution in [0.3, 0.4) is 0 Å². The molecule has 110 valence electrons. The van der Waals surface area contributed by atoms with Gasteiger partial charge in [-0.1, -0.05) is 17.7 Å². The van der Waals surface area contributed by atoms with Crippen molar-refractivity contribution in [3.05, 3.63) is 34.3 Å². The lowest BCUT2D eigenvalue weighted by Crippen LogP contribution is -2.47. The van der Waals surface area contributed by atoms with Crippen LogP contribution >= 0.6 is 11.6 Å². The molecule has 1 heterocycles. The maximum absolute atomic E-state index is 6.06. The lowest BCUT2D eigenvalue weighted by molar-refractivity contribution is -0.0886. The minimum Gasteiger partial charge on any atom is -0.381 e. The molecule has 0 radical (unpaired) electrons. The van der Waals surface area contributed by atoms with Gasteiger partial charge in [0.2, 0.25) is 0 Å². The predicted octanol–water partition coefficient (Wildman–Crippen LogP) is 3.11. The van der Waals surface area contributed by atoms with Crippen molar-refractivity contribution in [1.29, 1.82) is 0 Å².